The summed E-state index contributed by atoms with van der Waals surface area (Å²) in [4.78, 5) is 28.0. The average molecular weight is 505 g/mol. The number of aromatic amines is 1. The Hall–Kier alpha value is -3.32. The molecule has 2 N–H and O–H groups in total. The fourth-order valence-electron chi connectivity index (χ4n) is 5.23. The van der Waals surface area contributed by atoms with E-state index in [1.807, 2.05) is 45.2 Å². The van der Waals surface area contributed by atoms with E-state index in [4.69, 9.17) is 9.47 Å². The monoisotopic (exact) mass is 504 g/mol. The molecule has 1 saturated carbocycles. The van der Waals surface area contributed by atoms with Crippen molar-refractivity contribution < 1.29 is 14.3 Å². The second kappa shape index (κ2) is 8.96. The fourth-order valence-corrected chi connectivity index (χ4v) is 6.03. The maximum atomic E-state index is 12.7. The number of ether oxygens (including phenoxy) is 2. The predicted octanol–water partition coefficient (Wildman–Crippen LogP) is 6.67. The second-order valence-electron chi connectivity index (χ2n) is 10.7. The number of hydrogen-bond acceptors (Lipinski definition) is 5. The Morgan fingerprint density at radius 1 is 1.17 bits per heavy atom. The van der Waals surface area contributed by atoms with Gasteiger partial charge in [0.2, 0.25) is 0 Å². The van der Waals surface area contributed by atoms with Gasteiger partial charge in [0.15, 0.2) is 0 Å². The normalized spacial score (nSPS) is 15.0. The van der Waals surface area contributed by atoms with Crippen LogP contribution < -0.4 is 15.6 Å². The molecule has 1 fully saturated rings. The van der Waals surface area contributed by atoms with Crippen molar-refractivity contribution in [2.45, 2.75) is 58.0 Å². The van der Waals surface area contributed by atoms with Gasteiger partial charge in [0.05, 0.1) is 12.6 Å². The van der Waals surface area contributed by atoms with Crippen LogP contribution in [0.3, 0.4) is 0 Å². The highest BCUT2D eigenvalue weighted by atomic mass is 32.1. The summed E-state index contributed by atoms with van der Waals surface area (Å²) in [6, 6.07) is 12.6. The van der Waals surface area contributed by atoms with E-state index in [9.17, 15) is 9.59 Å². The third-order valence-electron chi connectivity index (χ3n) is 7.15. The van der Waals surface area contributed by atoms with Gasteiger partial charge in [-0.1, -0.05) is 30.7 Å². The van der Waals surface area contributed by atoms with Crippen LogP contribution in [0, 0.1) is 6.92 Å². The first kappa shape index (κ1) is 24.4. The second-order valence-corrected chi connectivity index (χ2v) is 11.6. The first-order valence-corrected chi connectivity index (χ1v) is 13.2. The summed E-state index contributed by atoms with van der Waals surface area (Å²) in [6.07, 6.45) is 2.80. The van der Waals surface area contributed by atoms with Crippen LogP contribution in [0.15, 0.2) is 46.6 Å². The lowest BCUT2D eigenvalue weighted by molar-refractivity contribution is 0.0499. The highest BCUT2D eigenvalue weighted by Gasteiger charge is 2.39. The third-order valence-corrected chi connectivity index (χ3v) is 8.07. The zero-order valence-corrected chi connectivity index (χ0v) is 22.2. The van der Waals surface area contributed by atoms with Gasteiger partial charge in [-0.3, -0.25) is 4.79 Å². The molecule has 0 aliphatic heterocycles. The first-order chi connectivity index (χ1) is 17.1. The van der Waals surface area contributed by atoms with E-state index in [0.29, 0.717) is 6.54 Å². The standard InChI is InChI=1S/C29H32N2O4S/c1-17-15-21(34-5)22(23-20-11-14-36-25(20)26(32)31-24(17)23)18-7-9-19(10-8-18)29(12-6-13-29)16-30-27(33)35-28(2,3)4/h7-11,14-15H,6,12-13,16H2,1-5H3,(H,30,33)(H,31,32). The quantitative estimate of drug-likeness (QED) is 0.318. The van der Waals surface area contributed by atoms with E-state index < -0.39 is 5.60 Å². The lowest BCUT2D eigenvalue weighted by Gasteiger charge is -2.42. The molecule has 2 aromatic heterocycles. The summed E-state index contributed by atoms with van der Waals surface area (Å²) in [5.74, 6) is 0.775. The van der Waals surface area contributed by atoms with Gasteiger partial charge in [0.25, 0.3) is 5.56 Å². The molecule has 0 spiro atoms. The lowest BCUT2D eigenvalue weighted by atomic mass is 9.64. The summed E-state index contributed by atoms with van der Waals surface area (Å²) >= 11 is 1.45. The molecular weight excluding hydrogens is 472 g/mol. The third kappa shape index (κ3) is 4.26. The highest BCUT2D eigenvalue weighted by Crippen LogP contribution is 2.45. The summed E-state index contributed by atoms with van der Waals surface area (Å²) in [6.45, 7) is 8.14. The van der Waals surface area contributed by atoms with E-state index in [0.717, 1.165) is 62.7 Å². The number of amides is 1. The molecule has 0 radical (unpaired) electrons. The highest BCUT2D eigenvalue weighted by molar-refractivity contribution is 7.17. The van der Waals surface area contributed by atoms with Gasteiger partial charge in [-0.15, -0.1) is 11.3 Å². The van der Waals surface area contributed by atoms with Crippen LogP contribution in [0.4, 0.5) is 4.79 Å². The van der Waals surface area contributed by atoms with Crippen LogP contribution in [0.1, 0.15) is 51.2 Å². The molecule has 1 aliphatic carbocycles. The van der Waals surface area contributed by atoms with Crippen LogP contribution in [-0.4, -0.2) is 30.3 Å². The number of thiophene rings is 1. The summed E-state index contributed by atoms with van der Waals surface area (Å²) < 4.78 is 12.0. The number of aryl methyl sites for hydroxylation is 1. The lowest BCUT2D eigenvalue weighted by Crippen LogP contribution is -2.46. The molecule has 0 bridgehead atoms. The number of fused-ring (bicyclic) bond motifs is 3. The first-order valence-electron chi connectivity index (χ1n) is 12.3. The van der Waals surface area contributed by atoms with Gasteiger partial charge >= 0.3 is 6.09 Å². The Morgan fingerprint density at radius 2 is 1.89 bits per heavy atom. The molecule has 5 rings (SSSR count). The molecule has 36 heavy (non-hydrogen) atoms. The number of aromatic nitrogens is 1. The molecular formula is C29H32N2O4S. The SMILES string of the molecule is COc1cc(C)c2[nH]c(=O)c3sccc3c2c1-c1ccc(C2(CNC(=O)OC(C)(C)C)CCC2)cc1. The Bertz CT molecular complexity index is 1510. The van der Waals surface area contributed by atoms with Crippen LogP contribution in [0.25, 0.3) is 32.1 Å². The molecule has 4 aromatic rings. The van der Waals surface area contributed by atoms with Crippen molar-refractivity contribution >= 4 is 38.4 Å². The molecule has 1 aliphatic rings. The maximum Gasteiger partial charge on any atom is 0.407 e. The van der Waals surface area contributed by atoms with Crippen molar-refractivity contribution in [1.82, 2.24) is 10.3 Å². The van der Waals surface area contributed by atoms with E-state index in [-0.39, 0.29) is 17.1 Å². The summed E-state index contributed by atoms with van der Waals surface area (Å²) in [7, 11) is 1.68. The van der Waals surface area contributed by atoms with Crippen molar-refractivity contribution in [3.8, 4) is 16.9 Å². The Morgan fingerprint density at radius 3 is 2.50 bits per heavy atom. The van der Waals surface area contributed by atoms with Crippen molar-refractivity contribution in [2.75, 3.05) is 13.7 Å². The number of rotatable bonds is 5. The zero-order valence-electron chi connectivity index (χ0n) is 21.4. The summed E-state index contributed by atoms with van der Waals surface area (Å²) in [5.41, 5.74) is 4.34. The predicted molar refractivity (Wildman–Crippen MR) is 146 cm³/mol. The average Bonchev–Trinajstić information content (AvgIpc) is 3.29. The van der Waals surface area contributed by atoms with Gasteiger partial charge in [-0.25, -0.2) is 4.79 Å². The van der Waals surface area contributed by atoms with Crippen molar-refractivity contribution in [3.05, 3.63) is 63.3 Å². The molecule has 6 nitrogen and oxygen atoms in total. The minimum Gasteiger partial charge on any atom is -0.496 e. The number of hydrogen-bond donors (Lipinski definition) is 2. The topological polar surface area (TPSA) is 80.4 Å². The number of nitrogens with one attached hydrogen (secondary N) is 2. The van der Waals surface area contributed by atoms with Crippen LogP contribution in [0.5, 0.6) is 5.75 Å². The number of pyridine rings is 1. The van der Waals surface area contributed by atoms with Gasteiger partial charge in [0.1, 0.15) is 16.1 Å². The maximum absolute atomic E-state index is 12.7. The molecule has 0 atom stereocenters. The number of alkyl carbamates (subject to hydrolysis) is 1. The number of H-pyrrole nitrogens is 1. The fraction of sp³-hybridized carbons (Fsp3) is 0.379. The van der Waals surface area contributed by atoms with Crippen molar-refractivity contribution in [2.24, 2.45) is 0 Å². The Labute approximate surface area is 214 Å². The smallest absolute Gasteiger partial charge is 0.407 e. The molecule has 188 valence electrons. The molecule has 0 unspecified atom stereocenters. The van der Waals surface area contributed by atoms with Gasteiger partial charge < -0.3 is 19.8 Å². The van der Waals surface area contributed by atoms with Gasteiger partial charge in [-0.2, -0.15) is 0 Å². The van der Waals surface area contributed by atoms with E-state index in [1.165, 1.54) is 16.9 Å². The summed E-state index contributed by atoms with van der Waals surface area (Å²) in [5, 5.41) is 6.88. The van der Waals surface area contributed by atoms with Gasteiger partial charge in [0, 0.05) is 28.3 Å². The van der Waals surface area contributed by atoms with Gasteiger partial charge in [-0.05, 0) is 74.7 Å². The number of carbonyl (C=O) groups excluding carboxylic acids is 1. The van der Waals surface area contributed by atoms with Crippen LogP contribution in [-0.2, 0) is 10.2 Å². The van der Waals surface area contributed by atoms with E-state index >= 15 is 0 Å². The molecule has 1 amide bonds. The molecule has 7 heteroatoms. The van der Waals surface area contributed by atoms with Crippen molar-refractivity contribution in [3.63, 3.8) is 0 Å². The number of methoxy groups -OCH3 is 1. The zero-order chi connectivity index (χ0) is 25.7. The molecule has 2 heterocycles. The minimum atomic E-state index is -0.521. The number of carbonyl (C=O) groups is 1. The van der Waals surface area contributed by atoms with Crippen LogP contribution >= 0.6 is 11.3 Å². The van der Waals surface area contributed by atoms with Crippen molar-refractivity contribution in [1.29, 1.82) is 0 Å². The molecule has 0 saturated heterocycles. The van der Waals surface area contributed by atoms with E-state index in [1.54, 1.807) is 7.11 Å². The Kier molecular flexibility index (Phi) is 6.07. The van der Waals surface area contributed by atoms with E-state index in [2.05, 4.69) is 34.6 Å². The molecule has 2 aromatic carbocycles. The van der Waals surface area contributed by atoms with Crippen LogP contribution in [0.2, 0.25) is 0 Å². The number of benzene rings is 2. The Balaban J connectivity index is 1.54. The largest absolute Gasteiger partial charge is 0.496 e. The minimum absolute atomic E-state index is 0.0634.